The van der Waals surface area contributed by atoms with Crippen LogP contribution in [0.5, 0.6) is 5.75 Å². The van der Waals surface area contributed by atoms with Gasteiger partial charge in [0.25, 0.3) is 0 Å². The maximum Gasteiger partial charge on any atom is 0.245 e. The molecular weight excluding hydrogens is 276 g/mol. The van der Waals surface area contributed by atoms with Crippen molar-refractivity contribution in [2.75, 3.05) is 12.1 Å². The van der Waals surface area contributed by atoms with E-state index in [4.69, 9.17) is 22.2 Å². The van der Waals surface area contributed by atoms with Gasteiger partial charge in [0, 0.05) is 5.02 Å². The molecule has 1 amide bonds. The lowest BCUT2D eigenvalue weighted by Crippen LogP contribution is -2.38. The van der Waals surface area contributed by atoms with Gasteiger partial charge in [-0.25, -0.2) is 10.9 Å². The standard InChI is InChI=1S/C15H15ClN2O2/c1-20-14-8-6-13(7-9-14)18(17)15(19)10-11-2-4-12(16)5-3-11/h2-9H,10,17H2,1H3. The van der Waals surface area contributed by atoms with Crippen LogP contribution >= 0.6 is 11.6 Å². The number of nitrogens with two attached hydrogens (primary N) is 1. The van der Waals surface area contributed by atoms with Crippen molar-refractivity contribution in [2.24, 2.45) is 5.84 Å². The van der Waals surface area contributed by atoms with E-state index >= 15 is 0 Å². The second-order valence-electron chi connectivity index (χ2n) is 4.27. The van der Waals surface area contributed by atoms with Crippen LogP contribution in [0.25, 0.3) is 0 Å². The van der Waals surface area contributed by atoms with Gasteiger partial charge in [0.1, 0.15) is 5.75 Å². The zero-order chi connectivity index (χ0) is 14.5. The van der Waals surface area contributed by atoms with Crippen LogP contribution in [0.1, 0.15) is 5.56 Å². The molecule has 0 atom stereocenters. The Morgan fingerprint density at radius 1 is 1.15 bits per heavy atom. The molecule has 0 fully saturated rings. The highest BCUT2D eigenvalue weighted by atomic mass is 35.5. The summed E-state index contributed by atoms with van der Waals surface area (Å²) in [5.41, 5.74) is 1.48. The van der Waals surface area contributed by atoms with Crippen LogP contribution in [0.2, 0.25) is 5.02 Å². The smallest absolute Gasteiger partial charge is 0.245 e. The summed E-state index contributed by atoms with van der Waals surface area (Å²) in [6.45, 7) is 0. The van der Waals surface area contributed by atoms with Crippen molar-refractivity contribution in [3.8, 4) is 5.75 Å². The van der Waals surface area contributed by atoms with Crippen LogP contribution in [0.15, 0.2) is 48.5 Å². The fraction of sp³-hybridized carbons (Fsp3) is 0.133. The van der Waals surface area contributed by atoms with Crippen molar-refractivity contribution in [3.05, 3.63) is 59.1 Å². The van der Waals surface area contributed by atoms with Gasteiger partial charge in [0.15, 0.2) is 0 Å². The Morgan fingerprint density at radius 2 is 1.75 bits per heavy atom. The van der Waals surface area contributed by atoms with Crippen molar-refractivity contribution in [2.45, 2.75) is 6.42 Å². The molecule has 4 nitrogen and oxygen atoms in total. The van der Waals surface area contributed by atoms with Gasteiger partial charge in [-0.3, -0.25) is 4.79 Å². The Balaban J connectivity index is 2.05. The molecule has 2 N–H and O–H groups in total. The molecule has 20 heavy (non-hydrogen) atoms. The number of hydrazine groups is 1. The van der Waals surface area contributed by atoms with E-state index in [1.165, 1.54) is 0 Å². The van der Waals surface area contributed by atoms with Crippen LogP contribution in [-0.4, -0.2) is 13.0 Å². The summed E-state index contributed by atoms with van der Waals surface area (Å²) in [5.74, 6) is 6.34. The van der Waals surface area contributed by atoms with Gasteiger partial charge in [-0.15, -0.1) is 0 Å². The van der Waals surface area contributed by atoms with Crippen LogP contribution in [0.4, 0.5) is 5.69 Å². The normalized spacial score (nSPS) is 10.2. The van der Waals surface area contributed by atoms with E-state index in [9.17, 15) is 4.79 Å². The van der Waals surface area contributed by atoms with Gasteiger partial charge in [-0.05, 0) is 42.0 Å². The molecule has 0 bridgehead atoms. The lowest BCUT2D eigenvalue weighted by molar-refractivity contribution is -0.118. The summed E-state index contributed by atoms with van der Waals surface area (Å²) < 4.78 is 5.06. The van der Waals surface area contributed by atoms with E-state index in [0.717, 1.165) is 10.6 Å². The van der Waals surface area contributed by atoms with Gasteiger partial charge < -0.3 is 4.74 Å². The minimum Gasteiger partial charge on any atom is -0.497 e. The number of hydrogen-bond acceptors (Lipinski definition) is 3. The first-order valence-electron chi connectivity index (χ1n) is 6.06. The van der Waals surface area contributed by atoms with Crippen LogP contribution in [0, 0.1) is 0 Å². The summed E-state index contributed by atoms with van der Waals surface area (Å²) >= 11 is 5.80. The molecule has 0 spiro atoms. The molecule has 0 radical (unpaired) electrons. The number of amides is 1. The SMILES string of the molecule is COc1ccc(N(N)C(=O)Cc2ccc(Cl)cc2)cc1. The fourth-order valence-corrected chi connectivity index (χ4v) is 1.87. The molecule has 0 saturated heterocycles. The molecule has 0 aliphatic heterocycles. The van der Waals surface area contributed by atoms with E-state index < -0.39 is 0 Å². The lowest BCUT2D eigenvalue weighted by Gasteiger charge is -2.17. The third-order valence-corrected chi connectivity index (χ3v) is 3.14. The van der Waals surface area contributed by atoms with E-state index in [2.05, 4.69) is 0 Å². The highest BCUT2D eigenvalue weighted by Crippen LogP contribution is 2.18. The first-order chi connectivity index (χ1) is 9.60. The molecule has 0 heterocycles. The topological polar surface area (TPSA) is 55.6 Å². The van der Waals surface area contributed by atoms with Gasteiger partial charge in [-0.2, -0.15) is 0 Å². The molecule has 5 heteroatoms. The number of anilines is 1. The minimum atomic E-state index is -0.197. The maximum atomic E-state index is 12.1. The Hall–Kier alpha value is -2.04. The third-order valence-electron chi connectivity index (χ3n) is 2.89. The van der Waals surface area contributed by atoms with Crippen molar-refractivity contribution in [1.82, 2.24) is 0 Å². The molecular formula is C15H15ClN2O2. The van der Waals surface area contributed by atoms with Gasteiger partial charge in [0.2, 0.25) is 5.91 Å². The summed E-state index contributed by atoms with van der Waals surface area (Å²) in [6.07, 6.45) is 0.222. The third kappa shape index (κ3) is 3.50. The molecule has 0 aliphatic rings. The molecule has 0 aliphatic carbocycles. The Kier molecular flexibility index (Phi) is 4.61. The summed E-state index contributed by atoms with van der Waals surface area (Å²) in [6, 6.07) is 14.1. The molecule has 104 valence electrons. The second-order valence-corrected chi connectivity index (χ2v) is 4.70. The van der Waals surface area contributed by atoms with E-state index in [-0.39, 0.29) is 12.3 Å². The van der Waals surface area contributed by atoms with Crippen LogP contribution in [0.3, 0.4) is 0 Å². The number of benzene rings is 2. The average molecular weight is 291 g/mol. The molecule has 0 aromatic heterocycles. The summed E-state index contributed by atoms with van der Waals surface area (Å²) in [7, 11) is 1.58. The van der Waals surface area contributed by atoms with Gasteiger partial charge in [0.05, 0.1) is 19.2 Å². The van der Waals surface area contributed by atoms with Crippen molar-refractivity contribution in [3.63, 3.8) is 0 Å². The van der Waals surface area contributed by atoms with E-state index in [0.29, 0.717) is 16.5 Å². The predicted octanol–water partition coefficient (Wildman–Crippen LogP) is 2.80. The lowest BCUT2D eigenvalue weighted by atomic mass is 10.1. The Bertz CT molecular complexity index is 582. The number of ether oxygens (including phenoxy) is 1. The van der Waals surface area contributed by atoms with Crippen LogP contribution < -0.4 is 15.6 Å². The van der Waals surface area contributed by atoms with E-state index in [1.54, 1.807) is 43.5 Å². The fourth-order valence-electron chi connectivity index (χ4n) is 1.75. The quantitative estimate of drug-likeness (QED) is 0.535. The predicted molar refractivity (Wildman–Crippen MR) is 79.8 cm³/mol. The van der Waals surface area contributed by atoms with Crippen molar-refractivity contribution < 1.29 is 9.53 Å². The van der Waals surface area contributed by atoms with Gasteiger partial charge in [-0.1, -0.05) is 23.7 Å². The Labute approximate surface area is 122 Å². The molecule has 2 rings (SSSR count). The number of methoxy groups -OCH3 is 1. The molecule has 2 aromatic carbocycles. The second kappa shape index (κ2) is 6.41. The number of halogens is 1. The minimum absolute atomic E-state index is 0.197. The Morgan fingerprint density at radius 3 is 2.30 bits per heavy atom. The zero-order valence-corrected chi connectivity index (χ0v) is 11.8. The highest BCUT2D eigenvalue weighted by molar-refractivity contribution is 6.30. The number of carbonyl (C=O) groups is 1. The monoisotopic (exact) mass is 290 g/mol. The molecule has 0 saturated carbocycles. The largest absolute Gasteiger partial charge is 0.497 e. The van der Waals surface area contributed by atoms with E-state index in [1.807, 2.05) is 12.1 Å². The van der Waals surface area contributed by atoms with Crippen molar-refractivity contribution >= 4 is 23.2 Å². The first kappa shape index (κ1) is 14.4. The summed E-state index contributed by atoms with van der Waals surface area (Å²) in [5, 5.41) is 1.77. The number of carbonyl (C=O) groups excluding carboxylic acids is 1. The number of rotatable bonds is 4. The average Bonchev–Trinajstić information content (AvgIpc) is 2.49. The highest BCUT2D eigenvalue weighted by Gasteiger charge is 2.12. The van der Waals surface area contributed by atoms with Crippen molar-refractivity contribution in [1.29, 1.82) is 0 Å². The maximum absolute atomic E-state index is 12.1. The number of hydrogen-bond donors (Lipinski definition) is 1. The first-order valence-corrected chi connectivity index (χ1v) is 6.44. The van der Waals surface area contributed by atoms with Gasteiger partial charge >= 0.3 is 0 Å². The summed E-state index contributed by atoms with van der Waals surface area (Å²) in [4.78, 5) is 12.1. The van der Waals surface area contributed by atoms with Crippen LogP contribution in [-0.2, 0) is 11.2 Å². The number of nitrogens with zero attached hydrogens (tertiary/aromatic N) is 1. The molecule has 2 aromatic rings. The molecule has 0 unspecified atom stereocenters. The zero-order valence-electron chi connectivity index (χ0n) is 11.0.